The second kappa shape index (κ2) is 9.30. The first-order valence-electron chi connectivity index (χ1n) is 7.67. The molecule has 0 saturated heterocycles. The molecule has 0 aliphatic carbocycles. The van der Waals surface area contributed by atoms with E-state index >= 15 is 0 Å². The number of anilines is 1. The van der Waals surface area contributed by atoms with Crippen molar-refractivity contribution >= 4 is 11.6 Å². The quantitative estimate of drug-likeness (QED) is 0.700. The molecule has 2 N–H and O–H groups in total. The highest BCUT2D eigenvalue weighted by atomic mass is 16.5. The van der Waals surface area contributed by atoms with Crippen molar-refractivity contribution in [2.75, 3.05) is 25.0 Å². The highest BCUT2D eigenvalue weighted by molar-refractivity contribution is 5.81. The summed E-state index contributed by atoms with van der Waals surface area (Å²) in [5.41, 5.74) is 2.01. The van der Waals surface area contributed by atoms with Gasteiger partial charge in [0.2, 0.25) is 5.91 Å². The molecule has 0 aliphatic heterocycles. The topological polar surface area (TPSA) is 50.4 Å². The molecule has 4 heteroatoms. The molecule has 2 aromatic carbocycles. The lowest BCUT2D eigenvalue weighted by Crippen LogP contribution is -2.31. The SMILES string of the molecule is C=CCOc1ccccc1NCC(=O)NCCc1ccccc1. The summed E-state index contributed by atoms with van der Waals surface area (Å²) in [7, 11) is 0. The maximum atomic E-state index is 11.9. The van der Waals surface area contributed by atoms with Crippen LogP contribution in [-0.4, -0.2) is 25.6 Å². The zero-order valence-corrected chi connectivity index (χ0v) is 13.1. The van der Waals surface area contributed by atoms with Crippen LogP contribution in [0.15, 0.2) is 67.3 Å². The van der Waals surface area contributed by atoms with Crippen LogP contribution in [0, 0.1) is 0 Å². The number of ether oxygens (including phenoxy) is 1. The molecule has 0 aliphatic rings. The highest BCUT2D eigenvalue weighted by Crippen LogP contribution is 2.23. The van der Waals surface area contributed by atoms with Crippen LogP contribution in [0.4, 0.5) is 5.69 Å². The van der Waals surface area contributed by atoms with E-state index in [2.05, 4.69) is 29.3 Å². The number of hydrogen-bond donors (Lipinski definition) is 2. The van der Waals surface area contributed by atoms with Crippen molar-refractivity contribution in [3.8, 4) is 5.75 Å². The predicted molar refractivity (Wildman–Crippen MR) is 93.8 cm³/mol. The molecule has 0 saturated carbocycles. The fraction of sp³-hybridized carbons (Fsp3) is 0.211. The van der Waals surface area contributed by atoms with Gasteiger partial charge in [-0.3, -0.25) is 4.79 Å². The van der Waals surface area contributed by atoms with E-state index in [0.29, 0.717) is 18.9 Å². The molecule has 0 bridgehead atoms. The van der Waals surface area contributed by atoms with Gasteiger partial charge < -0.3 is 15.4 Å². The van der Waals surface area contributed by atoms with Gasteiger partial charge in [-0.2, -0.15) is 0 Å². The van der Waals surface area contributed by atoms with Crippen molar-refractivity contribution < 1.29 is 9.53 Å². The van der Waals surface area contributed by atoms with Gasteiger partial charge in [-0.25, -0.2) is 0 Å². The van der Waals surface area contributed by atoms with Gasteiger partial charge in [0, 0.05) is 6.54 Å². The maximum absolute atomic E-state index is 11.9. The zero-order valence-electron chi connectivity index (χ0n) is 13.1. The van der Waals surface area contributed by atoms with Crippen molar-refractivity contribution in [1.29, 1.82) is 0 Å². The number of carbonyl (C=O) groups is 1. The van der Waals surface area contributed by atoms with E-state index < -0.39 is 0 Å². The molecule has 0 atom stereocenters. The smallest absolute Gasteiger partial charge is 0.239 e. The second-order valence-corrected chi connectivity index (χ2v) is 5.03. The normalized spacial score (nSPS) is 9.91. The molecule has 0 heterocycles. The Morgan fingerprint density at radius 1 is 1.09 bits per heavy atom. The number of amides is 1. The summed E-state index contributed by atoms with van der Waals surface area (Å²) in [6.07, 6.45) is 2.51. The molecule has 120 valence electrons. The summed E-state index contributed by atoms with van der Waals surface area (Å²) < 4.78 is 5.55. The number of para-hydroxylation sites is 2. The Hall–Kier alpha value is -2.75. The number of nitrogens with one attached hydrogen (secondary N) is 2. The standard InChI is InChI=1S/C19H22N2O2/c1-2-14-23-18-11-7-6-10-17(18)21-15-19(22)20-13-12-16-8-4-3-5-9-16/h2-11,21H,1,12-15H2,(H,20,22). The third-order valence-electron chi connectivity index (χ3n) is 3.26. The summed E-state index contributed by atoms with van der Waals surface area (Å²) in [5, 5.41) is 6.00. The van der Waals surface area contributed by atoms with Crippen LogP contribution < -0.4 is 15.4 Å². The van der Waals surface area contributed by atoms with Gasteiger partial charge in [-0.15, -0.1) is 0 Å². The van der Waals surface area contributed by atoms with Crippen molar-refractivity contribution in [3.05, 3.63) is 72.8 Å². The first-order valence-corrected chi connectivity index (χ1v) is 7.67. The summed E-state index contributed by atoms with van der Waals surface area (Å²) >= 11 is 0. The molecule has 4 nitrogen and oxygen atoms in total. The molecule has 1 amide bonds. The van der Waals surface area contributed by atoms with Crippen LogP contribution in [0.25, 0.3) is 0 Å². The zero-order chi connectivity index (χ0) is 16.3. The van der Waals surface area contributed by atoms with Gasteiger partial charge in [0.15, 0.2) is 0 Å². The molecule has 0 unspecified atom stereocenters. The number of carbonyl (C=O) groups excluding carboxylic acids is 1. The Labute approximate surface area is 137 Å². The van der Waals surface area contributed by atoms with E-state index in [0.717, 1.165) is 12.1 Å². The summed E-state index contributed by atoms with van der Waals surface area (Å²) in [5.74, 6) is 0.670. The minimum absolute atomic E-state index is 0.0422. The van der Waals surface area contributed by atoms with Gasteiger partial charge >= 0.3 is 0 Å². The van der Waals surface area contributed by atoms with Crippen LogP contribution in [0.3, 0.4) is 0 Å². The lowest BCUT2D eigenvalue weighted by atomic mass is 10.1. The van der Waals surface area contributed by atoms with Gasteiger partial charge in [0.05, 0.1) is 12.2 Å². The molecular weight excluding hydrogens is 288 g/mol. The first kappa shape index (κ1) is 16.6. The second-order valence-electron chi connectivity index (χ2n) is 5.03. The predicted octanol–water partition coefficient (Wildman–Crippen LogP) is 3.02. The van der Waals surface area contributed by atoms with E-state index in [1.165, 1.54) is 5.56 Å². The van der Waals surface area contributed by atoms with E-state index in [9.17, 15) is 4.79 Å². The number of benzene rings is 2. The third kappa shape index (κ3) is 5.87. The Bertz CT molecular complexity index is 626. The molecule has 0 radical (unpaired) electrons. The number of rotatable bonds is 9. The monoisotopic (exact) mass is 310 g/mol. The maximum Gasteiger partial charge on any atom is 0.239 e. The van der Waals surface area contributed by atoms with Crippen LogP contribution >= 0.6 is 0 Å². The van der Waals surface area contributed by atoms with Crippen LogP contribution in [0.1, 0.15) is 5.56 Å². The Kier molecular flexibility index (Phi) is 6.72. The fourth-order valence-corrected chi connectivity index (χ4v) is 2.12. The number of hydrogen-bond acceptors (Lipinski definition) is 3. The molecule has 0 spiro atoms. The lowest BCUT2D eigenvalue weighted by molar-refractivity contribution is -0.119. The van der Waals surface area contributed by atoms with Gasteiger partial charge in [-0.1, -0.05) is 55.1 Å². The Morgan fingerprint density at radius 3 is 2.61 bits per heavy atom. The highest BCUT2D eigenvalue weighted by Gasteiger charge is 2.05. The average Bonchev–Trinajstić information content (AvgIpc) is 2.60. The minimum Gasteiger partial charge on any atom is -0.487 e. The fourth-order valence-electron chi connectivity index (χ4n) is 2.12. The molecular formula is C19H22N2O2. The van der Waals surface area contributed by atoms with Crippen LogP contribution in [-0.2, 0) is 11.2 Å². The molecule has 23 heavy (non-hydrogen) atoms. The van der Waals surface area contributed by atoms with E-state index in [1.807, 2.05) is 42.5 Å². The third-order valence-corrected chi connectivity index (χ3v) is 3.26. The average molecular weight is 310 g/mol. The van der Waals surface area contributed by atoms with Crippen LogP contribution in [0.5, 0.6) is 5.75 Å². The summed E-state index contributed by atoms with van der Waals surface area (Å²) in [6, 6.07) is 17.6. The van der Waals surface area contributed by atoms with Gasteiger partial charge in [0.1, 0.15) is 12.4 Å². The van der Waals surface area contributed by atoms with Crippen LogP contribution in [0.2, 0.25) is 0 Å². The van der Waals surface area contributed by atoms with Crippen molar-refractivity contribution in [3.63, 3.8) is 0 Å². The summed E-state index contributed by atoms with van der Waals surface area (Å²) in [6.45, 7) is 4.90. The Morgan fingerprint density at radius 2 is 1.83 bits per heavy atom. The van der Waals surface area contributed by atoms with Crippen molar-refractivity contribution in [1.82, 2.24) is 5.32 Å². The molecule has 2 aromatic rings. The lowest BCUT2D eigenvalue weighted by Gasteiger charge is -2.12. The van der Waals surface area contributed by atoms with Gasteiger partial charge in [-0.05, 0) is 24.1 Å². The minimum atomic E-state index is -0.0422. The van der Waals surface area contributed by atoms with Gasteiger partial charge in [0.25, 0.3) is 0 Å². The van der Waals surface area contributed by atoms with Crippen molar-refractivity contribution in [2.24, 2.45) is 0 Å². The summed E-state index contributed by atoms with van der Waals surface area (Å²) in [4.78, 5) is 11.9. The molecule has 2 rings (SSSR count). The van der Waals surface area contributed by atoms with E-state index in [1.54, 1.807) is 6.08 Å². The largest absolute Gasteiger partial charge is 0.487 e. The molecule has 0 aromatic heterocycles. The Balaban J connectivity index is 1.75. The van der Waals surface area contributed by atoms with Crippen molar-refractivity contribution in [2.45, 2.75) is 6.42 Å². The van der Waals surface area contributed by atoms with E-state index in [-0.39, 0.29) is 12.5 Å². The van der Waals surface area contributed by atoms with E-state index in [4.69, 9.17) is 4.74 Å². The molecule has 0 fully saturated rings. The first-order chi connectivity index (χ1) is 11.3.